The predicted molar refractivity (Wildman–Crippen MR) is 68.9 cm³/mol. The van der Waals surface area contributed by atoms with Crippen LogP contribution < -0.4 is 0 Å². The Morgan fingerprint density at radius 3 is 1.79 bits per heavy atom. The molecule has 0 saturated heterocycles. The Hall–Kier alpha value is -0.810. The average molecular weight is 394 g/mol. The minimum absolute atomic E-state index is 0.0957. The van der Waals surface area contributed by atoms with Gasteiger partial charge in [-0.15, -0.1) is 0 Å². The van der Waals surface area contributed by atoms with Gasteiger partial charge in [-0.1, -0.05) is 6.42 Å². The molecule has 1 N–H and O–H groups in total. The molecule has 0 aromatic rings. The maximum atomic E-state index is 13.1. The molecule has 0 aliphatic heterocycles. The quantitative estimate of drug-likeness (QED) is 0.386. The summed E-state index contributed by atoms with van der Waals surface area (Å²) in [6.45, 7) is 0. The van der Waals surface area contributed by atoms with E-state index in [0.717, 1.165) is 0 Å². The van der Waals surface area contributed by atoms with Gasteiger partial charge in [-0.2, -0.15) is 51.3 Å². The Kier molecular flexibility index (Phi) is 8.24. The Bertz CT molecular complexity index is 410. The molecule has 12 heteroatoms. The van der Waals surface area contributed by atoms with Crippen molar-refractivity contribution in [1.82, 2.24) is 0 Å². The Morgan fingerprint density at radius 2 is 1.33 bits per heavy atom. The zero-order valence-electron chi connectivity index (χ0n) is 12.1. The number of unbranched alkanes of at least 4 members (excludes halogenated alkanes) is 2. The Labute approximate surface area is 135 Å². The largest absolute Gasteiger partial charge is 0.481 e. The number of carbonyl (C=O) groups is 1. The van der Waals surface area contributed by atoms with Gasteiger partial charge in [0.25, 0.3) is 0 Å². The van der Waals surface area contributed by atoms with Gasteiger partial charge < -0.3 is 5.11 Å². The van der Waals surface area contributed by atoms with Crippen molar-refractivity contribution >= 4 is 17.7 Å². The van der Waals surface area contributed by atoms with Gasteiger partial charge in [0.15, 0.2) is 0 Å². The summed E-state index contributed by atoms with van der Waals surface area (Å²) in [6.07, 6.45) is -7.61. The summed E-state index contributed by atoms with van der Waals surface area (Å²) in [7, 11) is 0. The molecule has 2 nitrogen and oxygen atoms in total. The molecule has 24 heavy (non-hydrogen) atoms. The lowest BCUT2D eigenvalue weighted by Crippen LogP contribution is -2.60. The molecule has 0 saturated carbocycles. The number of thioether (sulfide) groups is 1. The standard InChI is InChI=1S/C12H15F9O2S/c13-9(14,10(15,16)11(17,18)12(19,20)21)5-7-24-6-3-1-2-4-8(22)23/h1-7H2,(H,22,23). The molecule has 0 unspecified atom stereocenters. The lowest BCUT2D eigenvalue weighted by molar-refractivity contribution is -0.396. The fourth-order valence-corrected chi connectivity index (χ4v) is 2.54. The fraction of sp³-hybridized carbons (Fsp3) is 0.917. The van der Waals surface area contributed by atoms with Gasteiger partial charge in [0.1, 0.15) is 0 Å². The zero-order chi connectivity index (χ0) is 19.2. The molecule has 144 valence electrons. The highest BCUT2D eigenvalue weighted by molar-refractivity contribution is 7.99. The molecule has 0 spiro atoms. The Morgan fingerprint density at radius 1 is 0.792 bits per heavy atom. The van der Waals surface area contributed by atoms with Crippen molar-refractivity contribution in [3.63, 3.8) is 0 Å². The molecular formula is C12H15F9O2S. The van der Waals surface area contributed by atoms with E-state index >= 15 is 0 Å². The lowest BCUT2D eigenvalue weighted by Gasteiger charge is -2.33. The van der Waals surface area contributed by atoms with Crippen molar-refractivity contribution < 1.29 is 49.4 Å². The van der Waals surface area contributed by atoms with E-state index in [4.69, 9.17) is 5.11 Å². The number of alkyl halides is 9. The summed E-state index contributed by atoms with van der Waals surface area (Å²) < 4.78 is 113. The molecule has 0 aliphatic rings. The van der Waals surface area contributed by atoms with Crippen LogP contribution in [0.5, 0.6) is 0 Å². The zero-order valence-corrected chi connectivity index (χ0v) is 12.9. The third-order valence-corrected chi connectivity index (χ3v) is 4.02. The van der Waals surface area contributed by atoms with Crippen LogP contribution in [-0.2, 0) is 4.79 Å². The highest BCUT2D eigenvalue weighted by Gasteiger charge is 2.81. The van der Waals surface area contributed by atoms with E-state index in [1.165, 1.54) is 0 Å². The Balaban J connectivity index is 4.37. The molecule has 0 aliphatic carbocycles. The van der Waals surface area contributed by atoms with E-state index in [9.17, 15) is 44.3 Å². The predicted octanol–water partition coefficient (Wildman–Crippen LogP) is 5.22. The molecule has 0 rings (SSSR count). The van der Waals surface area contributed by atoms with Gasteiger partial charge in [-0.25, -0.2) is 0 Å². The number of hydrogen-bond acceptors (Lipinski definition) is 2. The van der Waals surface area contributed by atoms with Gasteiger partial charge in [-0.05, 0) is 24.3 Å². The number of carboxylic acid groups (broad SMARTS) is 1. The smallest absolute Gasteiger partial charge is 0.460 e. The molecule has 0 fully saturated rings. The van der Waals surface area contributed by atoms with E-state index in [2.05, 4.69) is 0 Å². The minimum atomic E-state index is -6.84. The van der Waals surface area contributed by atoms with Crippen molar-refractivity contribution in [2.75, 3.05) is 11.5 Å². The van der Waals surface area contributed by atoms with Crippen LogP contribution >= 0.6 is 11.8 Å². The highest BCUT2D eigenvalue weighted by atomic mass is 32.2. The number of aliphatic carboxylic acids is 1. The second kappa shape index (κ2) is 8.52. The summed E-state index contributed by atoms with van der Waals surface area (Å²) in [5, 5.41) is 8.34. The first kappa shape index (κ1) is 23.2. The van der Waals surface area contributed by atoms with Crippen LogP contribution in [0.1, 0.15) is 32.1 Å². The molecule has 0 atom stereocenters. The second-order valence-corrected chi connectivity index (χ2v) is 6.14. The molecule has 0 bridgehead atoms. The first-order valence-electron chi connectivity index (χ1n) is 6.66. The van der Waals surface area contributed by atoms with Crippen LogP contribution in [0.2, 0.25) is 0 Å². The van der Waals surface area contributed by atoms with Gasteiger partial charge in [0.2, 0.25) is 0 Å². The first-order chi connectivity index (χ1) is 10.7. The van der Waals surface area contributed by atoms with Crippen molar-refractivity contribution in [2.45, 2.75) is 56.0 Å². The normalized spacial score (nSPS) is 14.0. The summed E-state index contributed by atoms with van der Waals surface area (Å²) in [5.41, 5.74) is 0. The number of halogens is 9. The second-order valence-electron chi connectivity index (χ2n) is 4.92. The molecule has 0 radical (unpaired) electrons. The van der Waals surface area contributed by atoms with Crippen LogP contribution in [0.4, 0.5) is 39.5 Å². The third-order valence-electron chi connectivity index (χ3n) is 2.95. The topological polar surface area (TPSA) is 37.3 Å². The van der Waals surface area contributed by atoms with Crippen molar-refractivity contribution in [3.8, 4) is 0 Å². The fourth-order valence-electron chi connectivity index (χ4n) is 1.52. The van der Waals surface area contributed by atoms with E-state index in [1.54, 1.807) is 0 Å². The van der Waals surface area contributed by atoms with E-state index in [-0.39, 0.29) is 12.2 Å². The molecule has 0 heterocycles. The summed E-state index contributed by atoms with van der Waals surface area (Å²) >= 11 is 0.686. The average Bonchev–Trinajstić information content (AvgIpc) is 2.39. The van der Waals surface area contributed by atoms with Crippen molar-refractivity contribution in [2.24, 2.45) is 0 Å². The third kappa shape index (κ3) is 5.92. The van der Waals surface area contributed by atoms with Gasteiger partial charge >= 0.3 is 29.9 Å². The minimum Gasteiger partial charge on any atom is -0.481 e. The highest BCUT2D eigenvalue weighted by Crippen LogP contribution is 2.54. The number of carboxylic acids is 1. The summed E-state index contributed by atoms with van der Waals surface area (Å²) in [4.78, 5) is 10.2. The van der Waals surface area contributed by atoms with Crippen molar-refractivity contribution in [1.29, 1.82) is 0 Å². The van der Waals surface area contributed by atoms with Crippen LogP contribution in [0, 0.1) is 0 Å². The number of hydrogen-bond donors (Lipinski definition) is 1. The first-order valence-corrected chi connectivity index (χ1v) is 7.82. The maximum absolute atomic E-state index is 13.1. The van der Waals surface area contributed by atoms with Gasteiger partial charge in [-0.3, -0.25) is 4.79 Å². The summed E-state index contributed by atoms with van der Waals surface area (Å²) in [5.74, 6) is -20.5. The molecule has 0 aromatic heterocycles. The lowest BCUT2D eigenvalue weighted by atomic mass is 10.0. The molecule has 0 aromatic carbocycles. The summed E-state index contributed by atoms with van der Waals surface area (Å²) in [6, 6.07) is 0. The molecular weight excluding hydrogens is 379 g/mol. The monoisotopic (exact) mass is 394 g/mol. The van der Waals surface area contributed by atoms with Crippen molar-refractivity contribution in [3.05, 3.63) is 0 Å². The molecule has 0 amide bonds. The van der Waals surface area contributed by atoms with Gasteiger partial charge in [0.05, 0.1) is 0 Å². The van der Waals surface area contributed by atoms with Crippen LogP contribution in [0.3, 0.4) is 0 Å². The van der Waals surface area contributed by atoms with Crippen LogP contribution in [-0.4, -0.2) is 46.5 Å². The SMILES string of the molecule is O=C(O)CCCCCSCCC(F)(F)C(F)(F)C(F)(F)C(F)(F)F. The van der Waals surface area contributed by atoms with E-state index in [1.807, 2.05) is 0 Å². The van der Waals surface area contributed by atoms with E-state index in [0.29, 0.717) is 31.0 Å². The van der Waals surface area contributed by atoms with Crippen LogP contribution in [0.15, 0.2) is 0 Å². The maximum Gasteiger partial charge on any atom is 0.460 e. The van der Waals surface area contributed by atoms with Gasteiger partial charge in [0, 0.05) is 12.8 Å². The number of rotatable bonds is 11. The van der Waals surface area contributed by atoms with E-state index < -0.39 is 42.1 Å². The van der Waals surface area contributed by atoms with Crippen LogP contribution in [0.25, 0.3) is 0 Å².